The van der Waals surface area contributed by atoms with Gasteiger partial charge in [-0.1, -0.05) is 11.6 Å². The smallest absolute Gasteiger partial charge is 0.302 e. The quantitative estimate of drug-likeness (QED) is 0.494. The molecule has 0 aromatic rings. The van der Waals surface area contributed by atoms with E-state index in [1.54, 1.807) is 0 Å². The second-order valence-electron chi connectivity index (χ2n) is 3.14. The lowest BCUT2D eigenvalue weighted by molar-refractivity contribution is -0.185. The molecule has 0 unspecified atom stereocenters. The second kappa shape index (κ2) is 4.93. The molecular formula is C8H13ClO5. The van der Waals surface area contributed by atoms with Crippen LogP contribution in [0.1, 0.15) is 13.3 Å². The first kappa shape index (κ1) is 11.7. The first-order valence-electron chi connectivity index (χ1n) is 4.30. The summed E-state index contributed by atoms with van der Waals surface area (Å²) in [6.07, 6.45) is -2.31. The minimum absolute atomic E-state index is 0.221. The van der Waals surface area contributed by atoms with Crippen molar-refractivity contribution in [3.63, 3.8) is 0 Å². The Morgan fingerprint density at radius 3 is 2.86 bits per heavy atom. The van der Waals surface area contributed by atoms with Crippen LogP contribution in [0, 0.1) is 0 Å². The van der Waals surface area contributed by atoms with Gasteiger partial charge in [0.15, 0.2) is 0 Å². The highest BCUT2D eigenvalue weighted by molar-refractivity contribution is 6.19. The lowest BCUT2D eigenvalue weighted by atomic mass is 10.0. The van der Waals surface area contributed by atoms with E-state index < -0.39 is 29.8 Å². The van der Waals surface area contributed by atoms with Crippen LogP contribution in [-0.4, -0.2) is 46.7 Å². The minimum Gasteiger partial charge on any atom is -0.460 e. The van der Waals surface area contributed by atoms with Gasteiger partial charge in [-0.3, -0.25) is 4.79 Å². The van der Waals surface area contributed by atoms with Crippen molar-refractivity contribution >= 4 is 17.6 Å². The molecule has 5 nitrogen and oxygen atoms in total. The maximum absolute atomic E-state index is 10.7. The van der Waals surface area contributed by atoms with E-state index in [2.05, 4.69) is 0 Å². The van der Waals surface area contributed by atoms with Gasteiger partial charge < -0.3 is 19.7 Å². The molecule has 1 aliphatic rings. The fraction of sp³-hybridized carbons (Fsp3) is 0.875. The number of rotatable bonds is 2. The topological polar surface area (TPSA) is 76.0 Å². The average molecular weight is 225 g/mol. The number of hydrogen-bond donors (Lipinski definition) is 2. The number of ether oxygens (including phenoxy) is 2. The van der Waals surface area contributed by atoms with Crippen LogP contribution in [0.25, 0.3) is 0 Å². The lowest BCUT2D eigenvalue weighted by Gasteiger charge is -2.35. The van der Waals surface area contributed by atoms with Crippen molar-refractivity contribution in [2.75, 3.05) is 6.61 Å². The molecule has 6 heteroatoms. The number of aliphatic hydroxyl groups is 2. The first-order chi connectivity index (χ1) is 6.54. The molecule has 0 aliphatic carbocycles. The number of esters is 1. The van der Waals surface area contributed by atoms with Gasteiger partial charge in [-0.05, 0) is 0 Å². The number of carbonyl (C=O) groups excluding carboxylic acids is 1. The molecule has 0 spiro atoms. The Hall–Kier alpha value is -0.360. The zero-order chi connectivity index (χ0) is 10.7. The summed E-state index contributed by atoms with van der Waals surface area (Å²) >= 11 is 5.70. The molecule has 0 aromatic carbocycles. The average Bonchev–Trinajstić information content (AvgIpc) is 2.09. The fourth-order valence-corrected chi connectivity index (χ4v) is 1.68. The highest BCUT2D eigenvalue weighted by Crippen LogP contribution is 2.24. The molecule has 0 bridgehead atoms. The van der Waals surface area contributed by atoms with Crippen LogP contribution in [0.2, 0.25) is 0 Å². The van der Waals surface area contributed by atoms with Crippen LogP contribution in [0.5, 0.6) is 0 Å². The van der Waals surface area contributed by atoms with Gasteiger partial charge in [0.05, 0.1) is 6.61 Å². The van der Waals surface area contributed by atoms with E-state index in [1.807, 2.05) is 0 Å². The summed E-state index contributed by atoms with van der Waals surface area (Å²) in [4.78, 5) is 10.7. The van der Waals surface area contributed by atoms with Crippen molar-refractivity contribution < 1.29 is 24.5 Å². The summed E-state index contributed by atoms with van der Waals surface area (Å²) in [5, 5.41) is 18.4. The van der Waals surface area contributed by atoms with Gasteiger partial charge in [-0.15, -0.1) is 0 Å². The van der Waals surface area contributed by atoms with Crippen molar-refractivity contribution in [1.82, 2.24) is 0 Å². The lowest BCUT2D eigenvalue weighted by Crippen LogP contribution is -2.50. The predicted octanol–water partition coefficient (Wildman–Crippen LogP) is -0.375. The van der Waals surface area contributed by atoms with Gasteiger partial charge in [0.2, 0.25) is 0 Å². The Morgan fingerprint density at radius 2 is 2.36 bits per heavy atom. The zero-order valence-corrected chi connectivity index (χ0v) is 8.48. The van der Waals surface area contributed by atoms with E-state index in [4.69, 9.17) is 26.2 Å². The number of alkyl halides is 1. The van der Waals surface area contributed by atoms with Crippen LogP contribution in [0.15, 0.2) is 0 Å². The van der Waals surface area contributed by atoms with Crippen molar-refractivity contribution in [3.05, 3.63) is 0 Å². The van der Waals surface area contributed by atoms with Crippen LogP contribution in [0.4, 0.5) is 0 Å². The predicted molar refractivity (Wildman–Crippen MR) is 47.8 cm³/mol. The zero-order valence-electron chi connectivity index (χ0n) is 7.72. The van der Waals surface area contributed by atoms with Gasteiger partial charge in [0, 0.05) is 13.3 Å². The van der Waals surface area contributed by atoms with Gasteiger partial charge in [-0.2, -0.15) is 0 Å². The number of hydrogen-bond acceptors (Lipinski definition) is 5. The monoisotopic (exact) mass is 224 g/mol. The Balaban J connectivity index is 2.59. The summed E-state index contributed by atoms with van der Waals surface area (Å²) in [5.74, 6) is -0.489. The van der Waals surface area contributed by atoms with Crippen LogP contribution in [0.3, 0.4) is 0 Å². The largest absolute Gasteiger partial charge is 0.460 e. The molecule has 4 atom stereocenters. The third-order valence-corrected chi connectivity index (χ3v) is 2.28. The maximum Gasteiger partial charge on any atom is 0.302 e. The van der Waals surface area contributed by atoms with E-state index in [0.29, 0.717) is 0 Å². The molecule has 0 radical (unpaired) electrons. The third kappa shape index (κ3) is 2.81. The first-order valence-corrected chi connectivity index (χ1v) is 4.74. The molecular weight excluding hydrogens is 212 g/mol. The van der Waals surface area contributed by atoms with E-state index in [9.17, 15) is 9.90 Å². The Kier molecular flexibility index (Phi) is 4.12. The fourth-order valence-electron chi connectivity index (χ4n) is 1.37. The third-order valence-electron chi connectivity index (χ3n) is 2.00. The van der Waals surface area contributed by atoms with E-state index in [0.717, 1.165) is 0 Å². The van der Waals surface area contributed by atoms with Crippen molar-refractivity contribution in [2.24, 2.45) is 0 Å². The molecule has 1 fully saturated rings. The van der Waals surface area contributed by atoms with Crippen LogP contribution in [-0.2, 0) is 14.3 Å². The summed E-state index contributed by atoms with van der Waals surface area (Å²) in [6.45, 7) is 0.890. The molecule has 1 rings (SSSR count). The summed E-state index contributed by atoms with van der Waals surface area (Å²) < 4.78 is 9.88. The summed E-state index contributed by atoms with van der Waals surface area (Å²) in [7, 11) is 0. The standard InChI is InChI=1S/C8H13ClO5/c1-4(11)13-5-2-7(9)14-6(3-10)8(5)12/h5-8,10,12H,2-3H2,1H3/t5-,6+,7-,8+/m0/s1. The normalized spacial score (nSPS) is 38.0. The molecule has 82 valence electrons. The number of aliphatic hydroxyl groups excluding tert-OH is 2. The molecule has 1 heterocycles. The molecule has 1 aliphatic heterocycles. The number of halogens is 1. The highest BCUT2D eigenvalue weighted by atomic mass is 35.5. The van der Waals surface area contributed by atoms with Gasteiger partial charge >= 0.3 is 5.97 Å². The molecule has 0 saturated carbocycles. The van der Waals surface area contributed by atoms with E-state index in [-0.39, 0.29) is 13.0 Å². The van der Waals surface area contributed by atoms with E-state index in [1.165, 1.54) is 6.92 Å². The molecule has 14 heavy (non-hydrogen) atoms. The second-order valence-corrected chi connectivity index (χ2v) is 3.63. The molecule has 2 N–H and O–H groups in total. The van der Waals surface area contributed by atoms with Crippen LogP contribution < -0.4 is 0 Å². The van der Waals surface area contributed by atoms with Gasteiger partial charge in [-0.25, -0.2) is 0 Å². The molecule has 0 amide bonds. The van der Waals surface area contributed by atoms with E-state index >= 15 is 0 Å². The maximum atomic E-state index is 10.7. The molecule has 0 aromatic heterocycles. The van der Waals surface area contributed by atoms with Crippen LogP contribution >= 0.6 is 11.6 Å². The summed E-state index contributed by atoms with van der Waals surface area (Å²) in [5.41, 5.74) is -0.653. The Morgan fingerprint density at radius 1 is 1.71 bits per heavy atom. The van der Waals surface area contributed by atoms with Crippen molar-refractivity contribution in [3.8, 4) is 0 Å². The molecule has 1 saturated heterocycles. The van der Waals surface area contributed by atoms with Gasteiger partial charge in [0.1, 0.15) is 23.9 Å². The SMILES string of the molecule is CC(=O)O[C@H]1C[C@@H](Cl)O[C@H](CO)[C@@H]1O. The Labute approximate surface area is 86.6 Å². The van der Waals surface area contributed by atoms with Gasteiger partial charge in [0.25, 0.3) is 0 Å². The summed E-state index contributed by atoms with van der Waals surface area (Å²) in [6, 6.07) is 0. The Bertz CT molecular complexity index is 210. The highest BCUT2D eigenvalue weighted by Gasteiger charge is 2.38. The number of carbonyl (C=O) groups is 1. The van der Waals surface area contributed by atoms with Crippen molar-refractivity contribution in [2.45, 2.75) is 37.2 Å². The van der Waals surface area contributed by atoms with Crippen molar-refractivity contribution in [1.29, 1.82) is 0 Å². The minimum atomic E-state index is -1.03.